The van der Waals surface area contributed by atoms with Crippen LogP contribution in [0.4, 0.5) is 0 Å². The van der Waals surface area contributed by atoms with Crippen molar-refractivity contribution in [3.05, 3.63) is 42.5 Å². The largest absolute Gasteiger partial charge is 0.199 e. The third kappa shape index (κ3) is 6.51. The van der Waals surface area contributed by atoms with Gasteiger partial charge >= 0.3 is 0 Å². The number of hydrogen-bond donors (Lipinski definition) is 0. The monoisotopic (exact) mass is 201 g/mol. The number of hydrogen-bond acceptors (Lipinski definition) is 1. The molecule has 1 rings (SSSR count). The molecule has 0 unspecified atom stereocenters. The van der Waals surface area contributed by atoms with E-state index in [9.17, 15) is 0 Å². The Bertz CT molecular complexity index is 306. The van der Waals surface area contributed by atoms with Crippen LogP contribution in [0.1, 0.15) is 38.7 Å². The van der Waals surface area contributed by atoms with Crippen LogP contribution in [0.15, 0.2) is 36.9 Å². The van der Waals surface area contributed by atoms with Crippen LogP contribution < -0.4 is 0 Å². The van der Waals surface area contributed by atoms with Gasteiger partial charge in [-0.2, -0.15) is 5.26 Å². The standard InChI is InChI=1S/C12H16.C2H3N/c1-3-4-8-11(2)12-9-6-5-7-10-12;1-2-3/h5-7,9-10H,2-4,8H2,1H3;1H3. The van der Waals surface area contributed by atoms with Gasteiger partial charge in [0.1, 0.15) is 0 Å². The summed E-state index contributed by atoms with van der Waals surface area (Å²) in [5.41, 5.74) is 2.54. The molecule has 0 heterocycles. The molecule has 0 fully saturated rings. The Balaban J connectivity index is 0.000000583. The summed E-state index contributed by atoms with van der Waals surface area (Å²) in [4.78, 5) is 0. The van der Waals surface area contributed by atoms with Crippen LogP contribution in [0, 0.1) is 11.3 Å². The molecule has 0 aliphatic heterocycles. The first-order chi connectivity index (χ1) is 7.26. The summed E-state index contributed by atoms with van der Waals surface area (Å²) in [6, 6.07) is 12.2. The zero-order valence-corrected chi connectivity index (χ0v) is 9.66. The van der Waals surface area contributed by atoms with E-state index >= 15 is 0 Å². The van der Waals surface area contributed by atoms with Gasteiger partial charge in [-0.05, 0) is 24.0 Å². The lowest BCUT2D eigenvalue weighted by molar-refractivity contribution is 0.825. The maximum absolute atomic E-state index is 7.32. The predicted molar refractivity (Wildman–Crippen MR) is 66.3 cm³/mol. The van der Waals surface area contributed by atoms with Crippen molar-refractivity contribution in [1.29, 1.82) is 5.26 Å². The van der Waals surface area contributed by atoms with Crippen LogP contribution in [0.5, 0.6) is 0 Å². The van der Waals surface area contributed by atoms with Crippen LogP contribution >= 0.6 is 0 Å². The number of unbranched alkanes of at least 4 members (excludes halogenated alkanes) is 1. The molecule has 0 aromatic heterocycles. The van der Waals surface area contributed by atoms with Gasteiger partial charge in [0.2, 0.25) is 0 Å². The van der Waals surface area contributed by atoms with Gasteiger partial charge in [-0.15, -0.1) is 0 Å². The maximum atomic E-state index is 7.32. The smallest absolute Gasteiger partial charge is 0.0587 e. The minimum absolute atomic E-state index is 1.13. The first kappa shape index (κ1) is 13.4. The van der Waals surface area contributed by atoms with E-state index in [2.05, 4.69) is 37.8 Å². The Morgan fingerprint density at radius 1 is 1.33 bits per heavy atom. The van der Waals surface area contributed by atoms with Crippen LogP contribution in [-0.2, 0) is 0 Å². The minimum Gasteiger partial charge on any atom is -0.199 e. The van der Waals surface area contributed by atoms with Gasteiger partial charge < -0.3 is 0 Å². The van der Waals surface area contributed by atoms with Gasteiger partial charge in [-0.25, -0.2) is 0 Å². The average Bonchev–Trinajstić information content (AvgIpc) is 2.28. The summed E-state index contributed by atoms with van der Waals surface area (Å²) in [7, 11) is 0. The highest BCUT2D eigenvalue weighted by molar-refractivity contribution is 5.62. The summed E-state index contributed by atoms with van der Waals surface area (Å²) in [5, 5.41) is 7.32. The molecule has 0 radical (unpaired) electrons. The lowest BCUT2D eigenvalue weighted by Gasteiger charge is -2.03. The van der Waals surface area contributed by atoms with E-state index in [0.29, 0.717) is 0 Å². The van der Waals surface area contributed by atoms with Crippen molar-refractivity contribution >= 4 is 5.57 Å². The Morgan fingerprint density at radius 3 is 2.33 bits per heavy atom. The number of nitrogens with zero attached hydrogens (tertiary/aromatic N) is 1. The number of benzene rings is 1. The number of rotatable bonds is 4. The van der Waals surface area contributed by atoms with Crippen molar-refractivity contribution in [2.24, 2.45) is 0 Å². The van der Waals surface area contributed by atoms with Crippen molar-refractivity contribution in [3.8, 4) is 6.07 Å². The minimum atomic E-state index is 1.13. The molecule has 0 spiro atoms. The Hall–Kier alpha value is -1.55. The van der Waals surface area contributed by atoms with E-state index in [1.807, 2.05) is 6.07 Å². The second-order valence-corrected chi connectivity index (χ2v) is 3.30. The van der Waals surface area contributed by atoms with Crippen LogP contribution in [-0.4, -0.2) is 0 Å². The molecule has 0 saturated carbocycles. The van der Waals surface area contributed by atoms with Gasteiger partial charge in [0.15, 0.2) is 0 Å². The Labute approximate surface area is 93.1 Å². The second kappa shape index (κ2) is 9.02. The number of nitriles is 1. The average molecular weight is 201 g/mol. The van der Waals surface area contributed by atoms with Crippen molar-refractivity contribution in [2.45, 2.75) is 33.1 Å². The molecular weight excluding hydrogens is 182 g/mol. The summed E-state index contributed by atoms with van der Waals surface area (Å²) in [5.74, 6) is 0. The molecule has 0 N–H and O–H groups in total. The lowest BCUT2D eigenvalue weighted by Crippen LogP contribution is -1.81. The highest BCUT2D eigenvalue weighted by atomic mass is 14.2. The molecule has 1 aromatic carbocycles. The van der Waals surface area contributed by atoms with Gasteiger partial charge in [0, 0.05) is 6.92 Å². The zero-order chi connectivity index (χ0) is 11.5. The van der Waals surface area contributed by atoms with Crippen molar-refractivity contribution in [3.63, 3.8) is 0 Å². The molecule has 1 nitrogen and oxygen atoms in total. The van der Waals surface area contributed by atoms with Crippen LogP contribution in [0.3, 0.4) is 0 Å². The predicted octanol–water partition coefficient (Wildman–Crippen LogP) is 4.42. The normalized spacial score (nSPS) is 8.33. The van der Waals surface area contributed by atoms with E-state index in [4.69, 9.17) is 5.26 Å². The summed E-state index contributed by atoms with van der Waals surface area (Å²) >= 11 is 0. The molecule has 0 amide bonds. The SMILES string of the molecule is C=C(CCCC)c1ccccc1.CC#N. The highest BCUT2D eigenvalue weighted by Crippen LogP contribution is 2.17. The van der Waals surface area contributed by atoms with Crippen molar-refractivity contribution < 1.29 is 0 Å². The van der Waals surface area contributed by atoms with Gasteiger partial charge in [-0.3, -0.25) is 0 Å². The molecule has 1 heteroatoms. The van der Waals surface area contributed by atoms with Crippen LogP contribution in [0.2, 0.25) is 0 Å². The molecule has 0 bridgehead atoms. The first-order valence-corrected chi connectivity index (χ1v) is 5.30. The van der Waals surface area contributed by atoms with Gasteiger partial charge in [-0.1, -0.05) is 50.3 Å². The van der Waals surface area contributed by atoms with Crippen LogP contribution in [0.25, 0.3) is 5.57 Å². The molecule has 0 aliphatic rings. The zero-order valence-electron chi connectivity index (χ0n) is 9.66. The van der Waals surface area contributed by atoms with Crippen molar-refractivity contribution in [1.82, 2.24) is 0 Å². The fourth-order valence-electron chi connectivity index (χ4n) is 1.21. The molecule has 0 saturated heterocycles. The number of allylic oxidation sites excluding steroid dienone is 1. The molecular formula is C14H19N. The van der Waals surface area contributed by atoms with E-state index < -0.39 is 0 Å². The Morgan fingerprint density at radius 2 is 1.87 bits per heavy atom. The summed E-state index contributed by atoms with van der Waals surface area (Å²) in [6.07, 6.45) is 3.61. The fraction of sp³-hybridized carbons (Fsp3) is 0.357. The molecule has 0 atom stereocenters. The van der Waals surface area contributed by atoms with E-state index in [-0.39, 0.29) is 0 Å². The Kier molecular flexibility index (Phi) is 8.09. The molecule has 15 heavy (non-hydrogen) atoms. The topological polar surface area (TPSA) is 23.8 Å². The third-order valence-corrected chi connectivity index (χ3v) is 2.01. The third-order valence-electron chi connectivity index (χ3n) is 2.01. The summed E-state index contributed by atoms with van der Waals surface area (Å²) < 4.78 is 0. The highest BCUT2D eigenvalue weighted by Gasteiger charge is 1.95. The van der Waals surface area contributed by atoms with Gasteiger partial charge in [0.05, 0.1) is 6.07 Å². The second-order valence-electron chi connectivity index (χ2n) is 3.30. The van der Waals surface area contributed by atoms with Crippen molar-refractivity contribution in [2.75, 3.05) is 0 Å². The summed E-state index contributed by atoms with van der Waals surface area (Å²) in [6.45, 7) is 7.70. The molecule has 80 valence electrons. The van der Waals surface area contributed by atoms with E-state index in [1.54, 1.807) is 6.07 Å². The quantitative estimate of drug-likeness (QED) is 0.707. The maximum Gasteiger partial charge on any atom is 0.0587 e. The molecule has 0 aliphatic carbocycles. The fourth-order valence-corrected chi connectivity index (χ4v) is 1.21. The first-order valence-electron chi connectivity index (χ1n) is 5.30. The van der Waals surface area contributed by atoms with E-state index in [0.717, 1.165) is 6.42 Å². The lowest BCUT2D eigenvalue weighted by atomic mass is 10.0. The van der Waals surface area contributed by atoms with Gasteiger partial charge in [0.25, 0.3) is 0 Å². The molecule has 1 aromatic rings. The van der Waals surface area contributed by atoms with E-state index in [1.165, 1.54) is 30.9 Å².